The molecule has 0 aliphatic rings. The Bertz CT molecular complexity index is 288. The van der Waals surface area contributed by atoms with Crippen molar-refractivity contribution in [3.63, 3.8) is 0 Å². The SMILES string of the molecule is CC(F)(F)c1ccccc1C(F)(F)F. The van der Waals surface area contributed by atoms with Crippen LogP contribution in [-0.2, 0) is 12.1 Å². The van der Waals surface area contributed by atoms with Crippen LogP contribution in [0.5, 0.6) is 0 Å². The van der Waals surface area contributed by atoms with Crippen LogP contribution in [0.1, 0.15) is 18.1 Å². The summed E-state index contributed by atoms with van der Waals surface area (Å²) in [6.45, 7) is 0.442. The van der Waals surface area contributed by atoms with Crippen LogP contribution in [0.4, 0.5) is 22.0 Å². The smallest absolute Gasteiger partial charge is 0.202 e. The lowest BCUT2D eigenvalue weighted by molar-refractivity contribution is -0.141. The van der Waals surface area contributed by atoms with Crippen LogP contribution in [0.2, 0.25) is 0 Å². The molecule has 0 fully saturated rings. The Balaban J connectivity index is 3.31. The number of hydrogen-bond acceptors (Lipinski definition) is 0. The topological polar surface area (TPSA) is 0 Å². The molecule has 0 bridgehead atoms. The van der Waals surface area contributed by atoms with Crippen LogP contribution in [-0.4, -0.2) is 0 Å². The first-order valence-electron chi connectivity index (χ1n) is 3.77. The summed E-state index contributed by atoms with van der Waals surface area (Å²) < 4.78 is 62.2. The molecule has 5 heteroatoms. The molecule has 0 amide bonds. The molecule has 1 rings (SSSR count). The van der Waals surface area contributed by atoms with Crippen molar-refractivity contribution in [3.8, 4) is 0 Å². The van der Waals surface area contributed by atoms with E-state index in [9.17, 15) is 22.0 Å². The normalized spacial score (nSPS) is 13.0. The molecule has 78 valence electrons. The Labute approximate surface area is 77.4 Å². The zero-order chi connectivity index (χ0) is 11.0. The van der Waals surface area contributed by atoms with Gasteiger partial charge in [-0.2, -0.15) is 13.2 Å². The minimum Gasteiger partial charge on any atom is -0.202 e. The summed E-state index contributed by atoms with van der Waals surface area (Å²) in [5.41, 5.74) is -2.28. The van der Waals surface area contributed by atoms with Crippen LogP contribution >= 0.6 is 0 Å². The van der Waals surface area contributed by atoms with Crippen molar-refractivity contribution < 1.29 is 22.0 Å². The van der Waals surface area contributed by atoms with Gasteiger partial charge in [-0.1, -0.05) is 18.2 Å². The predicted molar refractivity (Wildman–Crippen MR) is 41.0 cm³/mol. The quantitative estimate of drug-likeness (QED) is 0.618. The van der Waals surface area contributed by atoms with E-state index < -0.39 is 23.2 Å². The van der Waals surface area contributed by atoms with Gasteiger partial charge in [0.15, 0.2) is 0 Å². The first-order chi connectivity index (χ1) is 6.23. The molecular weight excluding hydrogens is 203 g/mol. The van der Waals surface area contributed by atoms with Crippen molar-refractivity contribution in [2.45, 2.75) is 19.0 Å². The second-order valence-electron chi connectivity index (χ2n) is 2.93. The molecule has 14 heavy (non-hydrogen) atoms. The van der Waals surface area contributed by atoms with Crippen molar-refractivity contribution in [2.24, 2.45) is 0 Å². The van der Waals surface area contributed by atoms with Crippen LogP contribution in [0.3, 0.4) is 0 Å². The fourth-order valence-corrected chi connectivity index (χ4v) is 1.11. The second kappa shape index (κ2) is 3.22. The van der Waals surface area contributed by atoms with Crippen molar-refractivity contribution in [1.82, 2.24) is 0 Å². The molecule has 1 aromatic carbocycles. The molecule has 0 aliphatic heterocycles. The Morgan fingerprint density at radius 2 is 1.29 bits per heavy atom. The van der Waals surface area contributed by atoms with Crippen molar-refractivity contribution >= 4 is 0 Å². The molecule has 0 unspecified atom stereocenters. The molecule has 0 aromatic heterocycles. The first-order valence-corrected chi connectivity index (χ1v) is 3.77. The van der Waals surface area contributed by atoms with E-state index >= 15 is 0 Å². The van der Waals surface area contributed by atoms with Crippen molar-refractivity contribution in [2.75, 3.05) is 0 Å². The minimum absolute atomic E-state index is 0.442. The highest BCUT2D eigenvalue weighted by molar-refractivity contribution is 5.32. The molecule has 0 saturated carbocycles. The summed E-state index contributed by atoms with van der Waals surface area (Å²) in [7, 11) is 0. The molecular formula is C9H7F5. The lowest BCUT2D eigenvalue weighted by atomic mass is 10.0. The lowest BCUT2D eigenvalue weighted by Gasteiger charge is -2.17. The summed E-state index contributed by atoms with van der Waals surface area (Å²) in [6, 6.07) is 3.66. The molecule has 0 nitrogen and oxygen atoms in total. The van der Waals surface area contributed by atoms with Gasteiger partial charge in [0.1, 0.15) is 0 Å². The number of alkyl halides is 5. The van der Waals surface area contributed by atoms with Crippen molar-refractivity contribution in [3.05, 3.63) is 35.4 Å². The number of halogens is 5. The molecule has 0 N–H and O–H groups in total. The van der Waals surface area contributed by atoms with E-state index in [0.29, 0.717) is 13.0 Å². The van der Waals surface area contributed by atoms with Crippen molar-refractivity contribution in [1.29, 1.82) is 0 Å². The molecule has 0 saturated heterocycles. The van der Waals surface area contributed by atoms with E-state index in [4.69, 9.17) is 0 Å². The van der Waals surface area contributed by atoms with Gasteiger partial charge in [0, 0.05) is 12.5 Å². The Kier molecular flexibility index (Phi) is 2.52. The average Bonchev–Trinajstić information content (AvgIpc) is 2.01. The van der Waals surface area contributed by atoms with E-state index in [1.54, 1.807) is 0 Å². The van der Waals surface area contributed by atoms with Crippen LogP contribution in [0.25, 0.3) is 0 Å². The molecule has 0 spiro atoms. The lowest BCUT2D eigenvalue weighted by Crippen LogP contribution is -2.16. The third kappa shape index (κ3) is 2.21. The predicted octanol–water partition coefficient (Wildman–Crippen LogP) is 3.82. The highest BCUT2D eigenvalue weighted by Crippen LogP contribution is 2.38. The largest absolute Gasteiger partial charge is 0.416 e. The zero-order valence-corrected chi connectivity index (χ0v) is 7.20. The number of benzene rings is 1. The summed E-state index contributed by atoms with van der Waals surface area (Å²) in [5, 5.41) is 0. The molecule has 1 aromatic rings. The van der Waals surface area contributed by atoms with Gasteiger partial charge in [-0.3, -0.25) is 0 Å². The Morgan fingerprint density at radius 1 is 0.857 bits per heavy atom. The summed E-state index contributed by atoms with van der Waals surface area (Å²) >= 11 is 0. The number of hydrogen-bond donors (Lipinski definition) is 0. The molecule has 0 heterocycles. The van der Waals surface area contributed by atoms with Gasteiger partial charge >= 0.3 is 6.18 Å². The molecule has 0 radical (unpaired) electrons. The van der Waals surface area contributed by atoms with Crippen LogP contribution in [0, 0.1) is 0 Å². The van der Waals surface area contributed by atoms with E-state index in [0.717, 1.165) is 18.2 Å². The standard InChI is InChI=1S/C9H7F5/c1-8(10,11)6-4-2-3-5-7(6)9(12,13)14/h2-5H,1H3. The maximum absolute atomic E-state index is 12.7. The average molecular weight is 210 g/mol. The molecule has 0 atom stereocenters. The van der Waals surface area contributed by atoms with Gasteiger partial charge in [0.05, 0.1) is 5.56 Å². The van der Waals surface area contributed by atoms with E-state index in [-0.39, 0.29) is 0 Å². The fourth-order valence-electron chi connectivity index (χ4n) is 1.11. The van der Waals surface area contributed by atoms with Gasteiger partial charge in [-0.15, -0.1) is 0 Å². The number of rotatable bonds is 1. The molecule has 0 aliphatic carbocycles. The van der Waals surface area contributed by atoms with E-state index in [1.807, 2.05) is 0 Å². The zero-order valence-electron chi connectivity index (χ0n) is 7.20. The second-order valence-corrected chi connectivity index (χ2v) is 2.93. The Hall–Kier alpha value is -1.13. The maximum Gasteiger partial charge on any atom is 0.416 e. The minimum atomic E-state index is -4.74. The third-order valence-electron chi connectivity index (χ3n) is 1.71. The van der Waals surface area contributed by atoms with Gasteiger partial charge in [-0.05, 0) is 6.07 Å². The third-order valence-corrected chi connectivity index (χ3v) is 1.71. The summed E-state index contributed by atoms with van der Waals surface area (Å²) in [4.78, 5) is 0. The first kappa shape index (κ1) is 10.9. The Morgan fingerprint density at radius 3 is 1.57 bits per heavy atom. The highest BCUT2D eigenvalue weighted by atomic mass is 19.4. The van der Waals surface area contributed by atoms with Gasteiger partial charge in [-0.25, -0.2) is 8.78 Å². The summed E-state index contributed by atoms with van der Waals surface area (Å²) in [6.07, 6.45) is -4.74. The van der Waals surface area contributed by atoms with Gasteiger partial charge < -0.3 is 0 Å². The van der Waals surface area contributed by atoms with E-state index in [2.05, 4.69) is 0 Å². The monoisotopic (exact) mass is 210 g/mol. The fraction of sp³-hybridized carbons (Fsp3) is 0.333. The maximum atomic E-state index is 12.7. The van der Waals surface area contributed by atoms with Crippen LogP contribution < -0.4 is 0 Å². The van der Waals surface area contributed by atoms with Gasteiger partial charge in [0.2, 0.25) is 0 Å². The summed E-state index contributed by atoms with van der Waals surface area (Å²) in [5.74, 6) is -3.48. The van der Waals surface area contributed by atoms with E-state index in [1.165, 1.54) is 0 Å². The highest BCUT2D eigenvalue weighted by Gasteiger charge is 2.39. The van der Waals surface area contributed by atoms with Crippen LogP contribution in [0.15, 0.2) is 24.3 Å². The van der Waals surface area contributed by atoms with Gasteiger partial charge in [0.25, 0.3) is 5.92 Å².